The third-order valence-electron chi connectivity index (χ3n) is 6.03. The van der Waals surface area contributed by atoms with Gasteiger partial charge in [-0.15, -0.1) is 0 Å². The van der Waals surface area contributed by atoms with Crippen LogP contribution in [0, 0.1) is 5.82 Å². The van der Waals surface area contributed by atoms with Crippen molar-refractivity contribution in [1.29, 1.82) is 0 Å². The van der Waals surface area contributed by atoms with Gasteiger partial charge in [0.1, 0.15) is 17.1 Å². The molecular formula is C20H22FN3O5S. The van der Waals surface area contributed by atoms with Crippen LogP contribution in [-0.2, 0) is 14.6 Å². The fourth-order valence-corrected chi connectivity index (χ4v) is 6.76. The molecular weight excluding hydrogens is 413 g/mol. The Kier molecular flexibility index (Phi) is 5.03. The van der Waals surface area contributed by atoms with Crippen molar-refractivity contribution in [3.63, 3.8) is 0 Å². The van der Waals surface area contributed by atoms with Gasteiger partial charge < -0.3 is 9.84 Å². The van der Waals surface area contributed by atoms with Crippen LogP contribution in [0.25, 0.3) is 0 Å². The monoisotopic (exact) mass is 435 g/mol. The molecule has 4 rings (SSSR count). The molecule has 1 aromatic heterocycles. The summed E-state index contributed by atoms with van der Waals surface area (Å²) in [5.74, 6) is -1.12. The molecule has 2 saturated heterocycles. The molecule has 3 heterocycles. The minimum Gasteiger partial charge on any atom is -0.480 e. The smallest absolute Gasteiger partial charge is 0.326 e. The number of aliphatic carboxylic acids is 1. The molecule has 2 aliphatic rings. The second-order valence-corrected chi connectivity index (χ2v) is 9.72. The summed E-state index contributed by atoms with van der Waals surface area (Å²) >= 11 is 0. The van der Waals surface area contributed by atoms with Crippen molar-refractivity contribution in [2.24, 2.45) is 0 Å². The zero-order valence-corrected chi connectivity index (χ0v) is 17.1. The van der Waals surface area contributed by atoms with E-state index >= 15 is 0 Å². The highest BCUT2D eigenvalue weighted by Gasteiger charge is 2.68. The first kappa shape index (κ1) is 20.7. The molecule has 2 bridgehead atoms. The number of pyridine rings is 1. The van der Waals surface area contributed by atoms with E-state index in [-0.39, 0.29) is 29.7 Å². The fraction of sp³-hybridized carbons (Fsp3) is 0.400. The number of piperazine rings is 1. The van der Waals surface area contributed by atoms with Crippen molar-refractivity contribution in [1.82, 2.24) is 15.6 Å². The number of hydrogen-bond donors (Lipinski definition) is 3. The van der Waals surface area contributed by atoms with Crippen LogP contribution in [0.5, 0.6) is 11.6 Å². The summed E-state index contributed by atoms with van der Waals surface area (Å²) in [6, 6.07) is 7.96. The Morgan fingerprint density at radius 3 is 2.63 bits per heavy atom. The van der Waals surface area contributed by atoms with E-state index in [1.807, 2.05) is 0 Å². The molecule has 0 saturated carbocycles. The standard InChI is InChI=1S/C20H22FN3O5S/c1-2-19(18(25)26)20(10-9-14(24-20)11-23-19)30(27,28)16-7-8-17(22-12-16)29-15-5-3-13(21)4-6-15/h3-8,12,14,23-24H,2,9-11H2,1H3,(H,25,26)/t14-,19+,20+/m1/s1. The maximum absolute atomic E-state index is 13.7. The topological polar surface area (TPSA) is 118 Å². The lowest BCUT2D eigenvalue weighted by molar-refractivity contribution is -0.148. The van der Waals surface area contributed by atoms with Crippen molar-refractivity contribution in [3.05, 3.63) is 48.4 Å². The number of carbonyl (C=O) groups is 1. The van der Waals surface area contributed by atoms with Crippen molar-refractivity contribution >= 4 is 15.8 Å². The number of benzene rings is 1. The number of carboxylic acids is 1. The summed E-state index contributed by atoms with van der Waals surface area (Å²) in [6.07, 6.45) is 2.00. The molecule has 0 spiro atoms. The Hall–Kier alpha value is -2.56. The van der Waals surface area contributed by atoms with Gasteiger partial charge in [0.2, 0.25) is 15.7 Å². The number of fused-ring (bicyclic) bond motifs is 2. The van der Waals surface area contributed by atoms with Crippen LogP contribution in [0.4, 0.5) is 4.39 Å². The normalized spacial score (nSPS) is 28.3. The molecule has 10 heteroatoms. The van der Waals surface area contributed by atoms with Gasteiger partial charge in [-0.3, -0.25) is 15.4 Å². The maximum Gasteiger partial charge on any atom is 0.326 e. The number of sulfone groups is 1. The van der Waals surface area contributed by atoms with Crippen LogP contribution in [0.1, 0.15) is 26.2 Å². The van der Waals surface area contributed by atoms with Crippen molar-refractivity contribution in [3.8, 4) is 11.6 Å². The van der Waals surface area contributed by atoms with Gasteiger partial charge in [-0.25, -0.2) is 17.8 Å². The first-order valence-corrected chi connectivity index (χ1v) is 11.1. The Bertz CT molecular complexity index is 1060. The van der Waals surface area contributed by atoms with E-state index in [4.69, 9.17) is 4.74 Å². The summed E-state index contributed by atoms with van der Waals surface area (Å²) < 4.78 is 45.9. The Morgan fingerprint density at radius 1 is 1.30 bits per heavy atom. The van der Waals surface area contributed by atoms with Crippen LogP contribution >= 0.6 is 0 Å². The number of nitrogens with one attached hydrogen (secondary N) is 2. The molecule has 0 radical (unpaired) electrons. The van der Waals surface area contributed by atoms with E-state index in [0.717, 1.165) is 6.20 Å². The van der Waals surface area contributed by atoms with Crippen LogP contribution in [-0.4, -0.2) is 47.5 Å². The Balaban J connectivity index is 1.68. The van der Waals surface area contributed by atoms with E-state index in [0.29, 0.717) is 18.7 Å². The highest BCUT2D eigenvalue weighted by Crippen LogP contribution is 2.46. The van der Waals surface area contributed by atoms with E-state index in [2.05, 4.69) is 15.6 Å². The van der Waals surface area contributed by atoms with Crippen LogP contribution in [0.2, 0.25) is 0 Å². The molecule has 2 aromatic rings. The van der Waals surface area contributed by atoms with Crippen LogP contribution < -0.4 is 15.4 Å². The number of nitrogens with zero attached hydrogens (tertiary/aromatic N) is 1. The SMILES string of the molecule is CC[C@@]1(C(=O)O)NC[C@H]2CC[C@@]1(S(=O)(=O)c1ccc(Oc3ccc(F)cc3)nc1)N2. The lowest BCUT2D eigenvalue weighted by atomic mass is 9.85. The molecule has 8 nitrogen and oxygen atoms in total. The van der Waals surface area contributed by atoms with Gasteiger partial charge in [0, 0.05) is 24.8 Å². The molecule has 30 heavy (non-hydrogen) atoms. The molecule has 0 amide bonds. The summed E-state index contributed by atoms with van der Waals surface area (Å²) in [7, 11) is -4.11. The average molecular weight is 435 g/mol. The number of aromatic nitrogens is 1. The third kappa shape index (κ3) is 2.98. The predicted octanol–water partition coefficient (Wildman–Crippen LogP) is 2.07. The molecule has 3 atom stereocenters. The lowest BCUT2D eigenvalue weighted by Gasteiger charge is -2.48. The summed E-state index contributed by atoms with van der Waals surface area (Å²) in [5.41, 5.74) is -1.65. The van der Waals surface area contributed by atoms with Crippen molar-refractivity contribution in [2.45, 2.75) is 47.5 Å². The molecule has 1 aromatic carbocycles. The second kappa shape index (κ2) is 7.29. The molecule has 3 N–H and O–H groups in total. The number of halogens is 1. The quantitative estimate of drug-likeness (QED) is 0.631. The summed E-state index contributed by atoms with van der Waals surface area (Å²) in [4.78, 5) is 14.5. The van der Waals surface area contributed by atoms with E-state index in [9.17, 15) is 22.7 Å². The molecule has 0 unspecified atom stereocenters. The van der Waals surface area contributed by atoms with Crippen molar-refractivity contribution in [2.75, 3.05) is 6.54 Å². The summed E-state index contributed by atoms with van der Waals surface area (Å²) in [5, 5.41) is 16.1. The molecule has 160 valence electrons. The first-order chi connectivity index (χ1) is 14.2. The summed E-state index contributed by atoms with van der Waals surface area (Å²) in [6.45, 7) is 2.05. The van der Waals surface area contributed by atoms with Crippen molar-refractivity contribution < 1.29 is 27.4 Å². The number of ether oxygens (including phenoxy) is 1. The van der Waals surface area contributed by atoms with Gasteiger partial charge in [0.15, 0.2) is 4.87 Å². The van der Waals surface area contributed by atoms with E-state index < -0.39 is 32.0 Å². The van der Waals surface area contributed by atoms with Gasteiger partial charge in [-0.1, -0.05) is 6.92 Å². The predicted molar refractivity (Wildman–Crippen MR) is 105 cm³/mol. The van der Waals surface area contributed by atoms with E-state index in [1.54, 1.807) is 6.92 Å². The fourth-order valence-electron chi connectivity index (χ4n) is 4.44. The van der Waals surface area contributed by atoms with Crippen LogP contribution in [0.3, 0.4) is 0 Å². The third-order valence-corrected chi connectivity index (χ3v) is 8.48. The van der Waals surface area contributed by atoms with E-state index in [1.165, 1.54) is 36.4 Å². The molecule has 2 aliphatic heterocycles. The molecule has 2 fully saturated rings. The minimum absolute atomic E-state index is 0.0927. The minimum atomic E-state index is -4.11. The number of rotatable bonds is 6. The Labute approximate surface area is 173 Å². The highest BCUT2D eigenvalue weighted by molar-refractivity contribution is 7.93. The van der Waals surface area contributed by atoms with Crippen LogP contribution in [0.15, 0.2) is 47.5 Å². The van der Waals surface area contributed by atoms with Gasteiger partial charge in [-0.2, -0.15) is 0 Å². The van der Waals surface area contributed by atoms with Gasteiger partial charge in [0.05, 0.1) is 4.90 Å². The Morgan fingerprint density at radius 2 is 2.03 bits per heavy atom. The number of carboxylic acid groups (broad SMARTS) is 1. The van der Waals surface area contributed by atoms with Gasteiger partial charge >= 0.3 is 5.97 Å². The second-order valence-electron chi connectivity index (χ2n) is 7.54. The first-order valence-electron chi connectivity index (χ1n) is 9.64. The molecule has 0 aliphatic carbocycles. The average Bonchev–Trinajstić information content (AvgIpc) is 3.11. The number of hydrogen-bond acceptors (Lipinski definition) is 7. The van der Waals surface area contributed by atoms with Gasteiger partial charge in [0.25, 0.3) is 0 Å². The lowest BCUT2D eigenvalue weighted by Crippen LogP contribution is -2.78. The maximum atomic E-state index is 13.7. The van der Waals surface area contributed by atoms with Gasteiger partial charge in [-0.05, 0) is 49.6 Å². The highest BCUT2D eigenvalue weighted by atomic mass is 32.2. The largest absolute Gasteiger partial charge is 0.480 e. The zero-order chi connectivity index (χ0) is 21.6. The zero-order valence-electron chi connectivity index (χ0n) is 16.3.